The van der Waals surface area contributed by atoms with Gasteiger partial charge in [0.05, 0.1) is 17.2 Å². The number of aliphatic hydroxyl groups is 1. The van der Waals surface area contributed by atoms with Crippen LogP contribution in [0.25, 0.3) is 0 Å². The monoisotopic (exact) mass is 365 g/mol. The normalized spacial score (nSPS) is 26.1. The standard InChI is InChI=1S/C18H24ClN3O3/c19-15-6-2-1-5-14(15)16(24)21-13-11-18(17(25)20-8-10-23)7-3-4-9-22(18)12-13/h1-2,5-6,13,23H,3-4,7-12H2,(H,20,25)(H,21,24)/t13-,18-/m0/s1. The lowest BCUT2D eigenvalue weighted by atomic mass is 9.84. The number of hydrogen-bond donors (Lipinski definition) is 3. The van der Waals surface area contributed by atoms with Gasteiger partial charge in [0.25, 0.3) is 5.91 Å². The summed E-state index contributed by atoms with van der Waals surface area (Å²) >= 11 is 6.10. The summed E-state index contributed by atoms with van der Waals surface area (Å²) in [5.41, 5.74) is -0.126. The van der Waals surface area contributed by atoms with Crippen LogP contribution in [0.4, 0.5) is 0 Å². The summed E-state index contributed by atoms with van der Waals surface area (Å²) in [7, 11) is 0. The quantitative estimate of drug-likeness (QED) is 0.731. The molecule has 0 unspecified atom stereocenters. The summed E-state index contributed by atoms with van der Waals surface area (Å²) in [4.78, 5) is 27.4. The van der Waals surface area contributed by atoms with Gasteiger partial charge in [-0.2, -0.15) is 0 Å². The molecule has 2 amide bonds. The highest BCUT2D eigenvalue weighted by atomic mass is 35.5. The lowest BCUT2D eigenvalue weighted by Gasteiger charge is -2.40. The smallest absolute Gasteiger partial charge is 0.253 e. The van der Waals surface area contributed by atoms with Crippen molar-refractivity contribution in [3.63, 3.8) is 0 Å². The lowest BCUT2D eigenvalue weighted by Crippen LogP contribution is -2.57. The van der Waals surface area contributed by atoms with E-state index >= 15 is 0 Å². The van der Waals surface area contributed by atoms with Gasteiger partial charge in [0, 0.05) is 19.1 Å². The number of halogens is 1. The van der Waals surface area contributed by atoms with Gasteiger partial charge in [0.2, 0.25) is 5.91 Å². The Hall–Kier alpha value is -1.63. The molecule has 6 nitrogen and oxygen atoms in total. The van der Waals surface area contributed by atoms with E-state index in [2.05, 4.69) is 15.5 Å². The van der Waals surface area contributed by atoms with E-state index in [1.54, 1.807) is 24.3 Å². The Morgan fingerprint density at radius 1 is 1.32 bits per heavy atom. The van der Waals surface area contributed by atoms with Gasteiger partial charge in [-0.25, -0.2) is 0 Å². The zero-order chi connectivity index (χ0) is 17.9. The van der Waals surface area contributed by atoms with E-state index in [0.717, 1.165) is 25.8 Å². The largest absolute Gasteiger partial charge is 0.395 e. The number of piperidine rings is 1. The van der Waals surface area contributed by atoms with Gasteiger partial charge in [-0.1, -0.05) is 23.7 Å². The van der Waals surface area contributed by atoms with Crippen molar-refractivity contribution in [1.29, 1.82) is 0 Å². The number of nitrogens with zero attached hydrogens (tertiary/aromatic N) is 1. The van der Waals surface area contributed by atoms with Crippen molar-refractivity contribution in [3.05, 3.63) is 34.9 Å². The first-order valence-electron chi connectivity index (χ1n) is 8.76. The maximum absolute atomic E-state index is 12.7. The van der Waals surface area contributed by atoms with Gasteiger partial charge in [-0.05, 0) is 44.4 Å². The van der Waals surface area contributed by atoms with Crippen LogP contribution >= 0.6 is 11.6 Å². The van der Waals surface area contributed by atoms with E-state index < -0.39 is 5.54 Å². The highest BCUT2D eigenvalue weighted by Gasteiger charge is 2.52. The summed E-state index contributed by atoms with van der Waals surface area (Å²) in [6, 6.07) is 6.86. The highest BCUT2D eigenvalue weighted by Crippen LogP contribution is 2.38. The molecule has 0 bridgehead atoms. The Morgan fingerprint density at radius 3 is 2.88 bits per heavy atom. The number of fused-ring (bicyclic) bond motifs is 1. The first-order chi connectivity index (χ1) is 12.1. The molecule has 25 heavy (non-hydrogen) atoms. The first-order valence-corrected chi connectivity index (χ1v) is 9.14. The molecule has 0 aliphatic carbocycles. The molecule has 136 valence electrons. The molecule has 2 atom stereocenters. The molecule has 1 aromatic carbocycles. The van der Waals surface area contributed by atoms with Crippen molar-refractivity contribution in [2.75, 3.05) is 26.2 Å². The van der Waals surface area contributed by atoms with Gasteiger partial charge < -0.3 is 15.7 Å². The lowest BCUT2D eigenvalue weighted by molar-refractivity contribution is -0.134. The molecular weight excluding hydrogens is 342 g/mol. The van der Waals surface area contributed by atoms with Crippen LogP contribution in [0.3, 0.4) is 0 Å². The number of amides is 2. The predicted molar refractivity (Wildman–Crippen MR) is 95.6 cm³/mol. The van der Waals surface area contributed by atoms with Crippen molar-refractivity contribution in [1.82, 2.24) is 15.5 Å². The summed E-state index contributed by atoms with van der Waals surface area (Å²) in [6.07, 6.45) is 3.41. The molecule has 2 aliphatic heterocycles. The summed E-state index contributed by atoms with van der Waals surface area (Å²) in [6.45, 7) is 1.69. The SMILES string of the molecule is O=C(N[C@@H]1CN2CCCC[C@@]2(C(=O)NCCO)C1)c1ccccc1Cl. The van der Waals surface area contributed by atoms with Crippen molar-refractivity contribution in [2.24, 2.45) is 0 Å². The predicted octanol–water partition coefficient (Wildman–Crippen LogP) is 1.18. The summed E-state index contributed by atoms with van der Waals surface area (Å²) < 4.78 is 0. The molecule has 2 saturated heterocycles. The minimum absolute atomic E-state index is 0.0456. The number of rotatable bonds is 5. The van der Waals surface area contributed by atoms with Crippen molar-refractivity contribution in [2.45, 2.75) is 37.3 Å². The topological polar surface area (TPSA) is 81.7 Å². The maximum atomic E-state index is 12.7. The second kappa shape index (κ2) is 7.72. The van der Waals surface area contributed by atoms with Crippen LogP contribution < -0.4 is 10.6 Å². The van der Waals surface area contributed by atoms with E-state index in [4.69, 9.17) is 16.7 Å². The van der Waals surface area contributed by atoms with Crippen LogP contribution in [-0.2, 0) is 4.79 Å². The Balaban J connectivity index is 1.72. The van der Waals surface area contributed by atoms with Crippen molar-refractivity contribution >= 4 is 23.4 Å². The van der Waals surface area contributed by atoms with Crippen molar-refractivity contribution < 1.29 is 14.7 Å². The van der Waals surface area contributed by atoms with Crippen LogP contribution in [0.2, 0.25) is 5.02 Å². The Morgan fingerprint density at radius 2 is 2.12 bits per heavy atom. The average molecular weight is 366 g/mol. The number of benzene rings is 1. The van der Waals surface area contributed by atoms with Crippen LogP contribution in [0.1, 0.15) is 36.0 Å². The minimum atomic E-state index is -0.578. The highest BCUT2D eigenvalue weighted by molar-refractivity contribution is 6.33. The minimum Gasteiger partial charge on any atom is -0.395 e. The van der Waals surface area contributed by atoms with E-state index in [1.165, 1.54) is 0 Å². The first kappa shape index (κ1) is 18.2. The molecule has 0 saturated carbocycles. The fourth-order valence-corrected chi connectivity index (χ4v) is 4.24. The second-order valence-corrected chi connectivity index (χ2v) is 7.18. The molecule has 2 heterocycles. The van der Waals surface area contributed by atoms with E-state index in [1.807, 2.05) is 0 Å². The molecule has 3 rings (SSSR count). The van der Waals surface area contributed by atoms with E-state index in [0.29, 0.717) is 23.6 Å². The van der Waals surface area contributed by atoms with Crippen LogP contribution in [0, 0.1) is 0 Å². The maximum Gasteiger partial charge on any atom is 0.253 e. The zero-order valence-electron chi connectivity index (χ0n) is 14.1. The fraction of sp³-hybridized carbons (Fsp3) is 0.556. The van der Waals surface area contributed by atoms with Gasteiger partial charge in [-0.15, -0.1) is 0 Å². The van der Waals surface area contributed by atoms with E-state index in [9.17, 15) is 9.59 Å². The Labute approximate surface area is 152 Å². The van der Waals surface area contributed by atoms with Gasteiger partial charge in [0.1, 0.15) is 5.54 Å². The van der Waals surface area contributed by atoms with Gasteiger partial charge in [-0.3, -0.25) is 14.5 Å². The second-order valence-electron chi connectivity index (χ2n) is 6.77. The number of nitrogens with one attached hydrogen (secondary N) is 2. The van der Waals surface area contributed by atoms with Gasteiger partial charge in [0.15, 0.2) is 0 Å². The number of hydrogen-bond acceptors (Lipinski definition) is 4. The molecule has 1 aromatic rings. The number of carbonyl (C=O) groups excluding carboxylic acids is 2. The molecule has 3 N–H and O–H groups in total. The van der Waals surface area contributed by atoms with Crippen molar-refractivity contribution in [3.8, 4) is 0 Å². The average Bonchev–Trinajstić information content (AvgIpc) is 2.99. The molecular formula is C18H24ClN3O3. The van der Waals surface area contributed by atoms with Gasteiger partial charge >= 0.3 is 0 Å². The fourth-order valence-electron chi connectivity index (χ4n) is 4.02. The van der Waals surface area contributed by atoms with E-state index in [-0.39, 0.29) is 31.0 Å². The number of carbonyl (C=O) groups is 2. The molecule has 0 radical (unpaired) electrons. The zero-order valence-corrected chi connectivity index (χ0v) is 14.9. The third-order valence-corrected chi connectivity index (χ3v) is 5.50. The molecule has 0 spiro atoms. The summed E-state index contributed by atoms with van der Waals surface area (Å²) in [5, 5.41) is 15.2. The molecule has 2 fully saturated rings. The van der Waals surface area contributed by atoms with Crippen LogP contribution in [0.15, 0.2) is 24.3 Å². The Kier molecular flexibility index (Phi) is 5.61. The molecule has 7 heteroatoms. The Bertz CT molecular complexity index is 654. The van der Waals surface area contributed by atoms with Crippen LogP contribution in [-0.4, -0.2) is 59.6 Å². The third-order valence-electron chi connectivity index (χ3n) is 5.17. The third kappa shape index (κ3) is 3.66. The number of aliphatic hydroxyl groups excluding tert-OH is 1. The molecule has 2 aliphatic rings. The summed E-state index contributed by atoms with van der Waals surface area (Å²) in [5.74, 6) is -0.253. The molecule has 0 aromatic heterocycles. The van der Waals surface area contributed by atoms with Crippen LogP contribution in [0.5, 0.6) is 0 Å².